The van der Waals surface area contributed by atoms with Crippen LogP contribution >= 0.6 is 0 Å². The summed E-state index contributed by atoms with van der Waals surface area (Å²) in [5.41, 5.74) is -0.276. The van der Waals surface area contributed by atoms with Crippen molar-refractivity contribution in [2.75, 3.05) is 12.4 Å². The van der Waals surface area contributed by atoms with Crippen molar-refractivity contribution in [1.29, 1.82) is 0 Å². The number of hydrogen-bond acceptors (Lipinski definition) is 3. The van der Waals surface area contributed by atoms with Crippen molar-refractivity contribution < 1.29 is 14.3 Å². The van der Waals surface area contributed by atoms with Crippen molar-refractivity contribution in [3.63, 3.8) is 0 Å². The summed E-state index contributed by atoms with van der Waals surface area (Å²) in [6, 6.07) is 1.73. The van der Waals surface area contributed by atoms with Crippen molar-refractivity contribution in [3.05, 3.63) is 18.5 Å². The van der Waals surface area contributed by atoms with Gasteiger partial charge in [0.2, 0.25) is 5.91 Å². The summed E-state index contributed by atoms with van der Waals surface area (Å²) in [5.74, 6) is -0.732. The first-order chi connectivity index (χ1) is 7.19. The number of ether oxygens (including phenoxy) is 1. The number of rotatable bonds is 3. The Bertz CT molecular complexity index is 379. The summed E-state index contributed by atoms with van der Waals surface area (Å²) in [7, 11) is 1.30. The number of methoxy groups -OCH3 is 1. The van der Waals surface area contributed by atoms with Crippen molar-refractivity contribution in [2.45, 2.75) is 12.8 Å². The minimum atomic E-state index is -0.938. The van der Waals surface area contributed by atoms with Gasteiger partial charge in [-0.2, -0.15) is 0 Å². The van der Waals surface area contributed by atoms with E-state index in [1.807, 2.05) is 0 Å². The maximum atomic E-state index is 11.8. The van der Waals surface area contributed by atoms with E-state index in [-0.39, 0.29) is 5.91 Å². The summed E-state index contributed by atoms with van der Waals surface area (Å²) in [6.07, 6.45) is 4.49. The molecule has 1 saturated carbocycles. The van der Waals surface area contributed by atoms with E-state index in [4.69, 9.17) is 0 Å². The average Bonchev–Trinajstić information content (AvgIpc) is 2.91. The maximum Gasteiger partial charge on any atom is 0.321 e. The zero-order valence-electron chi connectivity index (χ0n) is 8.37. The molecular formula is C10H12N2O3. The van der Waals surface area contributed by atoms with Gasteiger partial charge in [-0.15, -0.1) is 0 Å². The van der Waals surface area contributed by atoms with Gasteiger partial charge in [-0.1, -0.05) is 0 Å². The third-order valence-corrected chi connectivity index (χ3v) is 2.62. The van der Waals surface area contributed by atoms with Crippen LogP contribution in [0.15, 0.2) is 18.5 Å². The van der Waals surface area contributed by atoms with Gasteiger partial charge in [-0.05, 0) is 18.9 Å². The fourth-order valence-corrected chi connectivity index (χ4v) is 1.50. The van der Waals surface area contributed by atoms with E-state index in [2.05, 4.69) is 15.0 Å². The zero-order valence-corrected chi connectivity index (χ0v) is 8.37. The molecule has 15 heavy (non-hydrogen) atoms. The van der Waals surface area contributed by atoms with Crippen LogP contribution in [0.2, 0.25) is 0 Å². The standard InChI is InChI=1S/C10H12N2O3/c1-15-9(14)10(3-4-10)8(13)12-7-2-5-11-6-7/h2,5-6,11H,3-4H2,1H3,(H,12,13). The van der Waals surface area contributed by atoms with Crippen LogP contribution in [-0.4, -0.2) is 24.0 Å². The van der Waals surface area contributed by atoms with Gasteiger partial charge in [0, 0.05) is 12.4 Å². The van der Waals surface area contributed by atoms with Crippen LogP contribution in [0, 0.1) is 5.41 Å². The Morgan fingerprint density at radius 1 is 1.53 bits per heavy atom. The summed E-state index contributed by atoms with van der Waals surface area (Å²) < 4.78 is 4.61. The smallest absolute Gasteiger partial charge is 0.321 e. The number of aromatic nitrogens is 1. The lowest BCUT2D eigenvalue weighted by Crippen LogP contribution is -2.32. The Kier molecular flexibility index (Phi) is 2.22. The zero-order chi connectivity index (χ0) is 10.9. The number of aromatic amines is 1. The third-order valence-electron chi connectivity index (χ3n) is 2.62. The number of nitrogens with one attached hydrogen (secondary N) is 2. The SMILES string of the molecule is COC(=O)C1(C(=O)Nc2cc[nH]c2)CC1. The second-order valence-electron chi connectivity index (χ2n) is 3.63. The third kappa shape index (κ3) is 1.60. The van der Waals surface area contributed by atoms with Crippen molar-refractivity contribution in [2.24, 2.45) is 5.41 Å². The van der Waals surface area contributed by atoms with Gasteiger partial charge in [-0.3, -0.25) is 9.59 Å². The van der Waals surface area contributed by atoms with Crippen LogP contribution in [0.1, 0.15) is 12.8 Å². The topological polar surface area (TPSA) is 71.2 Å². The predicted octanol–water partition coefficient (Wildman–Crippen LogP) is 0.906. The molecule has 0 aliphatic heterocycles. The minimum absolute atomic E-state index is 0.283. The molecule has 5 nitrogen and oxygen atoms in total. The van der Waals surface area contributed by atoms with E-state index in [1.165, 1.54) is 7.11 Å². The van der Waals surface area contributed by atoms with Gasteiger partial charge in [0.25, 0.3) is 0 Å². The van der Waals surface area contributed by atoms with Crippen molar-refractivity contribution in [3.8, 4) is 0 Å². The number of esters is 1. The van der Waals surface area contributed by atoms with E-state index < -0.39 is 11.4 Å². The summed E-state index contributed by atoms with van der Waals surface area (Å²) in [4.78, 5) is 26.0. The molecule has 1 aromatic heterocycles. The molecule has 5 heteroatoms. The van der Waals surface area contributed by atoms with Crippen LogP contribution in [0.5, 0.6) is 0 Å². The van der Waals surface area contributed by atoms with Crippen LogP contribution in [0.4, 0.5) is 5.69 Å². The van der Waals surface area contributed by atoms with Gasteiger partial charge in [-0.25, -0.2) is 0 Å². The van der Waals surface area contributed by atoms with E-state index >= 15 is 0 Å². The van der Waals surface area contributed by atoms with Crippen molar-refractivity contribution in [1.82, 2.24) is 4.98 Å². The number of carbonyl (C=O) groups is 2. The molecule has 0 saturated heterocycles. The number of anilines is 1. The molecule has 1 heterocycles. The molecule has 2 N–H and O–H groups in total. The molecule has 0 atom stereocenters. The monoisotopic (exact) mass is 208 g/mol. The second-order valence-corrected chi connectivity index (χ2v) is 3.63. The Morgan fingerprint density at radius 3 is 2.73 bits per heavy atom. The van der Waals surface area contributed by atoms with Crippen LogP contribution < -0.4 is 5.32 Å². The second kappa shape index (κ2) is 3.42. The lowest BCUT2D eigenvalue weighted by Gasteiger charge is -2.11. The summed E-state index contributed by atoms with van der Waals surface area (Å²) >= 11 is 0. The fraction of sp³-hybridized carbons (Fsp3) is 0.400. The number of H-pyrrole nitrogens is 1. The van der Waals surface area contributed by atoms with E-state index in [0.29, 0.717) is 18.5 Å². The van der Waals surface area contributed by atoms with Crippen molar-refractivity contribution >= 4 is 17.6 Å². The quantitative estimate of drug-likeness (QED) is 0.572. The first-order valence-corrected chi connectivity index (χ1v) is 4.72. The molecule has 1 aromatic rings. The molecule has 0 radical (unpaired) electrons. The first-order valence-electron chi connectivity index (χ1n) is 4.72. The van der Waals surface area contributed by atoms with Crippen LogP contribution in [0.3, 0.4) is 0 Å². The van der Waals surface area contributed by atoms with Gasteiger partial charge < -0.3 is 15.0 Å². The molecule has 0 bridgehead atoms. The van der Waals surface area contributed by atoms with Crippen LogP contribution in [0.25, 0.3) is 0 Å². The highest BCUT2D eigenvalue weighted by Gasteiger charge is 2.57. The summed E-state index contributed by atoms with van der Waals surface area (Å²) in [5, 5.41) is 2.67. The molecule has 1 amide bonds. The van der Waals surface area contributed by atoms with Gasteiger partial charge in [0.05, 0.1) is 12.8 Å². The number of amides is 1. The number of hydrogen-bond donors (Lipinski definition) is 2. The normalized spacial score (nSPS) is 16.9. The maximum absolute atomic E-state index is 11.8. The molecule has 1 aliphatic carbocycles. The summed E-state index contributed by atoms with van der Waals surface area (Å²) in [6.45, 7) is 0. The molecule has 1 aliphatic rings. The lowest BCUT2D eigenvalue weighted by molar-refractivity contribution is -0.150. The Hall–Kier alpha value is -1.78. The van der Waals surface area contributed by atoms with Gasteiger partial charge in [0.1, 0.15) is 5.41 Å². The largest absolute Gasteiger partial charge is 0.468 e. The molecule has 0 spiro atoms. The fourth-order valence-electron chi connectivity index (χ4n) is 1.50. The lowest BCUT2D eigenvalue weighted by atomic mass is 10.1. The molecule has 0 aromatic carbocycles. The predicted molar refractivity (Wildman–Crippen MR) is 53.1 cm³/mol. The Balaban J connectivity index is 2.06. The van der Waals surface area contributed by atoms with E-state index in [9.17, 15) is 9.59 Å². The van der Waals surface area contributed by atoms with Gasteiger partial charge in [0.15, 0.2) is 0 Å². The molecule has 1 fully saturated rings. The Morgan fingerprint density at radius 2 is 2.27 bits per heavy atom. The molecule has 0 unspecified atom stereocenters. The highest BCUT2D eigenvalue weighted by molar-refractivity contribution is 6.11. The van der Waals surface area contributed by atoms with Gasteiger partial charge >= 0.3 is 5.97 Å². The van der Waals surface area contributed by atoms with Crippen LogP contribution in [-0.2, 0) is 14.3 Å². The highest BCUT2D eigenvalue weighted by atomic mass is 16.5. The Labute approximate surface area is 86.8 Å². The molecular weight excluding hydrogens is 196 g/mol. The molecule has 80 valence electrons. The number of carbonyl (C=O) groups excluding carboxylic acids is 2. The first kappa shape index (κ1) is 9.76. The van der Waals surface area contributed by atoms with E-state index in [1.54, 1.807) is 18.5 Å². The average molecular weight is 208 g/mol. The van der Waals surface area contributed by atoms with E-state index in [0.717, 1.165) is 0 Å². The minimum Gasteiger partial charge on any atom is -0.468 e. The highest BCUT2D eigenvalue weighted by Crippen LogP contribution is 2.47. The molecule has 2 rings (SSSR count).